The minimum absolute atomic E-state index is 0. The molecule has 1 fully saturated rings. The monoisotopic (exact) mass is 512 g/mol. The molecule has 3 rings (SSSR count). The molecule has 1 atom stereocenters. The second-order valence-corrected chi connectivity index (χ2v) is 7.12. The van der Waals surface area contributed by atoms with E-state index in [1.165, 1.54) is 11.6 Å². The normalized spacial score (nSPS) is 16.0. The van der Waals surface area contributed by atoms with Gasteiger partial charge in [-0.25, -0.2) is 9.38 Å². The lowest BCUT2D eigenvalue weighted by Crippen LogP contribution is -2.46. The van der Waals surface area contributed by atoms with E-state index in [1.807, 2.05) is 43.3 Å². The van der Waals surface area contributed by atoms with E-state index in [2.05, 4.69) is 22.3 Å². The molecular weight excluding hydrogens is 482 g/mol. The van der Waals surface area contributed by atoms with Gasteiger partial charge in [0.15, 0.2) is 5.96 Å². The van der Waals surface area contributed by atoms with E-state index in [4.69, 9.17) is 9.73 Å². The highest BCUT2D eigenvalue weighted by molar-refractivity contribution is 14.0. The Morgan fingerprint density at radius 1 is 1.14 bits per heavy atom. The Morgan fingerprint density at radius 2 is 1.86 bits per heavy atom. The van der Waals surface area contributed by atoms with Gasteiger partial charge in [0.2, 0.25) is 0 Å². The first kappa shape index (κ1) is 23.6. The van der Waals surface area contributed by atoms with Gasteiger partial charge in [-0.15, -0.1) is 24.0 Å². The Labute approximate surface area is 190 Å². The van der Waals surface area contributed by atoms with Gasteiger partial charge >= 0.3 is 0 Å². The van der Waals surface area contributed by atoms with Gasteiger partial charge in [0.05, 0.1) is 25.8 Å². The van der Waals surface area contributed by atoms with Crippen molar-refractivity contribution < 1.29 is 9.13 Å². The molecule has 1 unspecified atom stereocenters. The number of halogens is 2. The van der Waals surface area contributed by atoms with E-state index < -0.39 is 0 Å². The number of nitrogens with zero attached hydrogens (tertiary/aromatic N) is 3. The first-order chi connectivity index (χ1) is 13.6. The smallest absolute Gasteiger partial charge is 0.193 e. The molecule has 0 saturated carbocycles. The van der Waals surface area contributed by atoms with Crippen molar-refractivity contribution in [2.24, 2.45) is 4.99 Å². The first-order valence-corrected chi connectivity index (χ1v) is 9.70. The zero-order valence-corrected chi connectivity index (χ0v) is 19.4. The number of hydrogen-bond acceptors (Lipinski definition) is 3. The third-order valence-electron chi connectivity index (χ3n) is 4.85. The summed E-state index contributed by atoms with van der Waals surface area (Å²) in [4.78, 5) is 9.06. The van der Waals surface area contributed by atoms with Gasteiger partial charge in [0, 0.05) is 33.7 Å². The van der Waals surface area contributed by atoms with Crippen molar-refractivity contribution in [2.75, 3.05) is 46.9 Å². The van der Waals surface area contributed by atoms with Crippen LogP contribution in [0.2, 0.25) is 0 Å². The number of aliphatic imine (C=N–C) groups is 1. The fourth-order valence-electron chi connectivity index (χ4n) is 3.35. The summed E-state index contributed by atoms with van der Waals surface area (Å²) in [6.07, 6.45) is 0. The van der Waals surface area contributed by atoms with Crippen molar-refractivity contribution in [3.05, 3.63) is 71.5 Å². The van der Waals surface area contributed by atoms with Crippen LogP contribution in [-0.4, -0.2) is 62.7 Å². The highest BCUT2D eigenvalue weighted by Gasteiger charge is 2.23. The summed E-state index contributed by atoms with van der Waals surface area (Å²) in [6, 6.07) is 17.1. The maximum absolute atomic E-state index is 13.8. The molecule has 1 saturated heterocycles. The Kier molecular flexibility index (Phi) is 9.83. The zero-order valence-electron chi connectivity index (χ0n) is 17.1. The van der Waals surface area contributed by atoms with Crippen molar-refractivity contribution in [3.63, 3.8) is 0 Å². The van der Waals surface area contributed by atoms with Crippen molar-refractivity contribution in [2.45, 2.75) is 12.6 Å². The van der Waals surface area contributed by atoms with Crippen LogP contribution in [0, 0.1) is 5.82 Å². The van der Waals surface area contributed by atoms with Crippen molar-refractivity contribution in [1.82, 2.24) is 15.1 Å². The highest BCUT2D eigenvalue weighted by Crippen LogP contribution is 2.22. The molecule has 1 N–H and O–H groups in total. The van der Waals surface area contributed by atoms with Crippen LogP contribution in [0.15, 0.2) is 59.6 Å². The fourth-order valence-corrected chi connectivity index (χ4v) is 3.35. The molecular formula is C22H30FIN4O. The zero-order chi connectivity index (χ0) is 19.8. The van der Waals surface area contributed by atoms with E-state index in [0.717, 1.165) is 24.6 Å². The lowest BCUT2D eigenvalue weighted by atomic mass is 10.0. The molecule has 158 valence electrons. The van der Waals surface area contributed by atoms with Gasteiger partial charge in [-0.05, 0) is 23.3 Å². The van der Waals surface area contributed by atoms with Gasteiger partial charge in [-0.3, -0.25) is 4.90 Å². The van der Waals surface area contributed by atoms with Crippen LogP contribution in [-0.2, 0) is 11.3 Å². The maximum atomic E-state index is 13.8. The first-order valence-electron chi connectivity index (χ1n) is 9.70. The third-order valence-corrected chi connectivity index (χ3v) is 4.85. The number of ether oxygens (including phenoxy) is 1. The summed E-state index contributed by atoms with van der Waals surface area (Å²) in [7, 11) is 3.95. The summed E-state index contributed by atoms with van der Waals surface area (Å²) >= 11 is 0. The third kappa shape index (κ3) is 7.24. The minimum Gasteiger partial charge on any atom is -0.379 e. The Morgan fingerprint density at radius 3 is 2.52 bits per heavy atom. The molecule has 0 aromatic heterocycles. The molecule has 0 bridgehead atoms. The van der Waals surface area contributed by atoms with E-state index in [1.54, 1.807) is 12.1 Å². The molecule has 1 heterocycles. The molecule has 7 heteroatoms. The van der Waals surface area contributed by atoms with Crippen molar-refractivity contribution in [1.29, 1.82) is 0 Å². The van der Waals surface area contributed by atoms with Crippen LogP contribution >= 0.6 is 24.0 Å². The number of rotatable bonds is 6. The van der Waals surface area contributed by atoms with E-state index in [0.29, 0.717) is 26.3 Å². The summed E-state index contributed by atoms with van der Waals surface area (Å²) in [5, 5.41) is 3.48. The van der Waals surface area contributed by atoms with Crippen LogP contribution in [0.4, 0.5) is 4.39 Å². The predicted molar refractivity (Wildman–Crippen MR) is 126 cm³/mol. The summed E-state index contributed by atoms with van der Waals surface area (Å²) in [6.45, 7) is 4.34. The number of benzene rings is 2. The number of hydrogen-bond donors (Lipinski definition) is 1. The molecule has 0 aliphatic carbocycles. The van der Waals surface area contributed by atoms with E-state index in [9.17, 15) is 4.39 Å². The quantitative estimate of drug-likeness (QED) is 0.366. The summed E-state index contributed by atoms with van der Waals surface area (Å²) in [5.41, 5.74) is 2.13. The van der Waals surface area contributed by atoms with Crippen LogP contribution in [0.3, 0.4) is 0 Å². The minimum atomic E-state index is -0.207. The Bertz CT molecular complexity index is 766. The molecule has 2 aromatic carbocycles. The van der Waals surface area contributed by atoms with Crippen molar-refractivity contribution in [3.8, 4) is 0 Å². The number of guanidine groups is 1. The molecule has 2 aromatic rings. The molecule has 0 spiro atoms. The molecule has 1 aliphatic heterocycles. The second kappa shape index (κ2) is 12.1. The van der Waals surface area contributed by atoms with Crippen molar-refractivity contribution >= 4 is 29.9 Å². The van der Waals surface area contributed by atoms with Gasteiger partial charge in [-0.2, -0.15) is 0 Å². The SMILES string of the molecule is CN(C)C(=NCc1ccccc1)NCC(c1cccc(F)c1)N1CCOCC1.I. The summed E-state index contributed by atoms with van der Waals surface area (Å²) < 4.78 is 19.3. The van der Waals surface area contributed by atoms with Gasteiger partial charge in [0.25, 0.3) is 0 Å². The lowest BCUT2D eigenvalue weighted by Gasteiger charge is -2.35. The largest absolute Gasteiger partial charge is 0.379 e. The second-order valence-electron chi connectivity index (χ2n) is 7.12. The topological polar surface area (TPSA) is 40.1 Å². The highest BCUT2D eigenvalue weighted by atomic mass is 127. The maximum Gasteiger partial charge on any atom is 0.193 e. The van der Waals surface area contributed by atoms with E-state index >= 15 is 0 Å². The molecule has 0 amide bonds. The molecule has 0 radical (unpaired) electrons. The lowest BCUT2D eigenvalue weighted by molar-refractivity contribution is 0.0168. The fraction of sp³-hybridized carbons (Fsp3) is 0.409. The van der Waals surface area contributed by atoms with Crippen LogP contribution < -0.4 is 5.32 Å². The average molecular weight is 512 g/mol. The number of morpholine rings is 1. The molecule has 29 heavy (non-hydrogen) atoms. The predicted octanol–water partition coefficient (Wildman–Crippen LogP) is 3.52. The van der Waals surface area contributed by atoms with Crippen LogP contribution in [0.5, 0.6) is 0 Å². The summed E-state index contributed by atoms with van der Waals surface area (Å²) in [5.74, 6) is 0.611. The molecule has 5 nitrogen and oxygen atoms in total. The van der Waals surface area contributed by atoms with Gasteiger partial charge in [-0.1, -0.05) is 42.5 Å². The molecule has 1 aliphatic rings. The van der Waals surface area contributed by atoms with Crippen LogP contribution in [0.25, 0.3) is 0 Å². The van der Waals surface area contributed by atoms with Gasteiger partial charge < -0.3 is 15.0 Å². The Balaban J connectivity index is 0.00000300. The van der Waals surface area contributed by atoms with Crippen LogP contribution in [0.1, 0.15) is 17.2 Å². The van der Waals surface area contributed by atoms with Gasteiger partial charge in [0.1, 0.15) is 5.82 Å². The number of nitrogens with one attached hydrogen (secondary N) is 1. The average Bonchev–Trinajstić information content (AvgIpc) is 2.72. The standard InChI is InChI=1S/C22H29FN4O.HI/c1-26(2)22(24-16-18-7-4-3-5-8-18)25-17-21(27-11-13-28-14-12-27)19-9-6-10-20(23)15-19;/h3-10,15,21H,11-14,16-17H2,1-2H3,(H,24,25);1H. The van der Waals surface area contributed by atoms with E-state index in [-0.39, 0.29) is 35.8 Å². The Hall–Kier alpha value is -1.71.